The summed E-state index contributed by atoms with van der Waals surface area (Å²) in [6.45, 7) is 0. The number of nitrogens with one attached hydrogen (secondary N) is 1. The zero-order valence-electron chi connectivity index (χ0n) is 9.21. The van der Waals surface area contributed by atoms with Gasteiger partial charge in [0.25, 0.3) is 0 Å². The molecule has 0 aliphatic rings. The number of amides is 1. The van der Waals surface area contributed by atoms with E-state index in [1.807, 2.05) is 54.6 Å². The zero-order chi connectivity index (χ0) is 11.9. The fourth-order valence-corrected chi connectivity index (χ4v) is 1.46. The molecule has 84 valence electrons. The van der Waals surface area contributed by atoms with Crippen LogP contribution < -0.4 is 5.32 Å². The Hall–Kier alpha value is -2.42. The minimum absolute atomic E-state index is 0.662. The molecule has 2 aromatic carbocycles. The Morgan fingerprint density at radius 1 is 0.941 bits per heavy atom. The number of hydrogen-bond donors (Lipinski definition) is 1. The van der Waals surface area contributed by atoms with Crippen LogP contribution in [0, 0.1) is 0 Å². The maximum Gasteiger partial charge on any atom is 0.211 e. The van der Waals surface area contributed by atoms with Gasteiger partial charge in [-0.25, -0.2) is 0 Å². The molecule has 0 spiro atoms. The third kappa shape index (κ3) is 3.01. The third-order valence-corrected chi connectivity index (χ3v) is 2.28. The first-order valence-electron chi connectivity index (χ1n) is 5.28. The van der Waals surface area contributed by atoms with E-state index < -0.39 is 0 Å². The number of para-hydroxylation sites is 2. The largest absolute Gasteiger partial charge is 0.328 e. The number of hydrogen-bond acceptors (Lipinski definition) is 2. The Balaban J connectivity index is 2.24. The molecule has 17 heavy (non-hydrogen) atoms. The van der Waals surface area contributed by atoms with E-state index in [4.69, 9.17) is 0 Å². The lowest BCUT2D eigenvalue weighted by Gasteiger charge is -2.02. The summed E-state index contributed by atoms with van der Waals surface area (Å²) in [5, 5.41) is 2.64. The average Bonchev–Trinajstić information content (AvgIpc) is 2.39. The third-order valence-electron chi connectivity index (χ3n) is 2.28. The predicted molar refractivity (Wildman–Crippen MR) is 69.8 cm³/mol. The van der Waals surface area contributed by atoms with Crippen LogP contribution in [-0.2, 0) is 4.79 Å². The standard InChI is InChI=1S/C14H12N2O/c17-11-16-14-9-5-4-6-12(14)10-15-13-7-2-1-3-8-13/h1-11H,(H,16,17). The normalized spacial score (nSPS) is 10.4. The number of nitrogens with zero attached hydrogens (tertiary/aromatic N) is 1. The van der Waals surface area contributed by atoms with Crippen molar-refractivity contribution in [2.45, 2.75) is 0 Å². The second-order valence-electron chi connectivity index (χ2n) is 3.44. The van der Waals surface area contributed by atoms with Crippen LogP contribution in [0.3, 0.4) is 0 Å². The summed E-state index contributed by atoms with van der Waals surface area (Å²) in [5.74, 6) is 0. The Bertz CT molecular complexity index is 521. The fourth-order valence-electron chi connectivity index (χ4n) is 1.46. The second-order valence-corrected chi connectivity index (χ2v) is 3.44. The molecule has 1 N–H and O–H groups in total. The summed E-state index contributed by atoms with van der Waals surface area (Å²) in [7, 11) is 0. The van der Waals surface area contributed by atoms with Crippen molar-refractivity contribution in [2.75, 3.05) is 5.32 Å². The first-order valence-corrected chi connectivity index (χ1v) is 5.28. The van der Waals surface area contributed by atoms with Gasteiger partial charge >= 0.3 is 0 Å². The fraction of sp³-hybridized carbons (Fsp3) is 0. The molecule has 0 bridgehead atoms. The topological polar surface area (TPSA) is 41.5 Å². The molecule has 0 aliphatic carbocycles. The lowest BCUT2D eigenvalue weighted by atomic mass is 10.2. The van der Waals surface area contributed by atoms with Gasteiger partial charge in [0, 0.05) is 17.5 Å². The van der Waals surface area contributed by atoms with Crippen LogP contribution in [0.5, 0.6) is 0 Å². The van der Waals surface area contributed by atoms with E-state index in [1.165, 1.54) is 0 Å². The van der Waals surface area contributed by atoms with E-state index in [9.17, 15) is 4.79 Å². The van der Waals surface area contributed by atoms with Crippen LogP contribution in [-0.4, -0.2) is 12.6 Å². The van der Waals surface area contributed by atoms with E-state index in [0.29, 0.717) is 6.41 Å². The molecule has 0 radical (unpaired) electrons. The van der Waals surface area contributed by atoms with E-state index in [2.05, 4.69) is 10.3 Å². The molecule has 0 saturated heterocycles. The summed E-state index contributed by atoms with van der Waals surface area (Å²) < 4.78 is 0. The molecule has 2 aromatic rings. The summed E-state index contributed by atoms with van der Waals surface area (Å²) in [6.07, 6.45) is 2.40. The van der Waals surface area contributed by atoms with Gasteiger partial charge < -0.3 is 5.32 Å². The van der Waals surface area contributed by atoms with Crippen LogP contribution in [0.4, 0.5) is 11.4 Å². The van der Waals surface area contributed by atoms with Gasteiger partial charge in [-0.15, -0.1) is 0 Å². The molecule has 0 unspecified atom stereocenters. The predicted octanol–water partition coefficient (Wildman–Crippen LogP) is 3.01. The number of carbonyl (C=O) groups excluding carboxylic acids is 1. The van der Waals surface area contributed by atoms with Crippen molar-refractivity contribution in [1.82, 2.24) is 0 Å². The molecule has 0 aromatic heterocycles. The highest BCUT2D eigenvalue weighted by atomic mass is 16.1. The van der Waals surface area contributed by atoms with Crippen LogP contribution >= 0.6 is 0 Å². The molecule has 3 nitrogen and oxygen atoms in total. The Labute approximate surface area is 99.8 Å². The van der Waals surface area contributed by atoms with Gasteiger partial charge in [-0.3, -0.25) is 9.79 Å². The Morgan fingerprint density at radius 3 is 2.41 bits per heavy atom. The van der Waals surface area contributed by atoms with Gasteiger partial charge in [-0.2, -0.15) is 0 Å². The van der Waals surface area contributed by atoms with Gasteiger partial charge in [0.2, 0.25) is 6.41 Å². The van der Waals surface area contributed by atoms with Gasteiger partial charge in [0.1, 0.15) is 0 Å². The van der Waals surface area contributed by atoms with Gasteiger partial charge in [-0.1, -0.05) is 36.4 Å². The molecular weight excluding hydrogens is 212 g/mol. The smallest absolute Gasteiger partial charge is 0.211 e. The number of rotatable bonds is 4. The molecule has 1 amide bonds. The molecule has 0 saturated carbocycles. The van der Waals surface area contributed by atoms with Crippen LogP contribution in [0.1, 0.15) is 5.56 Å². The minimum atomic E-state index is 0.662. The summed E-state index contributed by atoms with van der Waals surface area (Å²) >= 11 is 0. The van der Waals surface area contributed by atoms with Crippen LogP contribution in [0.15, 0.2) is 59.6 Å². The van der Waals surface area contributed by atoms with Crippen LogP contribution in [0.25, 0.3) is 0 Å². The second kappa shape index (κ2) is 5.61. The van der Waals surface area contributed by atoms with Crippen molar-refractivity contribution in [1.29, 1.82) is 0 Å². The van der Waals surface area contributed by atoms with E-state index in [1.54, 1.807) is 6.21 Å². The maximum atomic E-state index is 10.4. The molecule has 0 heterocycles. The number of benzene rings is 2. The molecular formula is C14H12N2O. The molecule has 2 rings (SSSR count). The lowest BCUT2D eigenvalue weighted by Crippen LogP contribution is -1.97. The van der Waals surface area contributed by atoms with Crippen molar-refractivity contribution in [3.63, 3.8) is 0 Å². The van der Waals surface area contributed by atoms with E-state index >= 15 is 0 Å². The highest BCUT2D eigenvalue weighted by Gasteiger charge is 1.96. The number of carbonyl (C=O) groups is 1. The van der Waals surface area contributed by atoms with Gasteiger partial charge in [0.15, 0.2) is 0 Å². The Morgan fingerprint density at radius 2 is 1.65 bits per heavy atom. The molecule has 0 aliphatic heterocycles. The van der Waals surface area contributed by atoms with E-state index in [0.717, 1.165) is 16.9 Å². The monoisotopic (exact) mass is 224 g/mol. The number of anilines is 1. The first-order chi connectivity index (χ1) is 8.40. The summed E-state index contributed by atoms with van der Waals surface area (Å²) in [6, 6.07) is 17.2. The maximum absolute atomic E-state index is 10.4. The van der Waals surface area contributed by atoms with Gasteiger partial charge in [0.05, 0.1) is 5.69 Å². The van der Waals surface area contributed by atoms with Crippen LogP contribution in [0.2, 0.25) is 0 Å². The first kappa shape index (κ1) is 11.1. The van der Waals surface area contributed by atoms with Crippen molar-refractivity contribution >= 4 is 24.0 Å². The summed E-state index contributed by atoms with van der Waals surface area (Å²) in [4.78, 5) is 14.8. The summed E-state index contributed by atoms with van der Waals surface area (Å²) in [5.41, 5.74) is 2.51. The lowest BCUT2D eigenvalue weighted by molar-refractivity contribution is -0.105. The van der Waals surface area contributed by atoms with Gasteiger partial charge in [-0.05, 0) is 18.2 Å². The van der Waals surface area contributed by atoms with Crippen molar-refractivity contribution in [2.24, 2.45) is 4.99 Å². The van der Waals surface area contributed by atoms with E-state index in [-0.39, 0.29) is 0 Å². The molecule has 0 fully saturated rings. The van der Waals surface area contributed by atoms with Crippen molar-refractivity contribution in [3.05, 3.63) is 60.2 Å². The minimum Gasteiger partial charge on any atom is -0.328 e. The molecule has 3 heteroatoms. The quantitative estimate of drug-likeness (QED) is 0.629. The Kier molecular flexibility index (Phi) is 3.65. The molecule has 0 atom stereocenters. The SMILES string of the molecule is O=CNc1ccccc1C=Nc1ccccc1. The number of aliphatic imine (C=N–C) groups is 1. The average molecular weight is 224 g/mol. The highest BCUT2D eigenvalue weighted by Crippen LogP contribution is 2.14. The van der Waals surface area contributed by atoms with Crippen molar-refractivity contribution in [3.8, 4) is 0 Å². The van der Waals surface area contributed by atoms with Crippen molar-refractivity contribution < 1.29 is 4.79 Å². The highest BCUT2D eigenvalue weighted by molar-refractivity contribution is 5.92. The zero-order valence-corrected chi connectivity index (χ0v) is 9.21.